The zero-order valence-electron chi connectivity index (χ0n) is 14.9. The zero-order valence-corrected chi connectivity index (χ0v) is 14.9. The molecule has 4 heterocycles. The van der Waals surface area contributed by atoms with Crippen LogP contribution in [0.3, 0.4) is 0 Å². The van der Waals surface area contributed by atoms with E-state index in [2.05, 4.69) is 35.2 Å². The number of benzene rings is 1. The van der Waals surface area contributed by atoms with Gasteiger partial charge >= 0.3 is 0 Å². The van der Waals surface area contributed by atoms with Gasteiger partial charge in [-0.1, -0.05) is 30.3 Å². The molecule has 0 unspecified atom stereocenters. The van der Waals surface area contributed by atoms with Gasteiger partial charge < -0.3 is 0 Å². The molecule has 4 aromatic heterocycles. The van der Waals surface area contributed by atoms with Crippen molar-refractivity contribution < 1.29 is 0 Å². The predicted molar refractivity (Wildman–Crippen MR) is 103 cm³/mol. The molecule has 1 aromatic carbocycles. The fourth-order valence-corrected chi connectivity index (χ4v) is 2.93. The molecular weight excluding hydrogens is 352 g/mol. The highest BCUT2D eigenvalue weighted by Crippen LogP contribution is 2.22. The molecule has 134 valence electrons. The van der Waals surface area contributed by atoms with Crippen molar-refractivity contribution >= 4 is 5.78 Å². The average Bonchev–Trinajstić information content (AvgIpc) is 3.21. The number of aromatic nitrogens is 8. The number of pyridine rings is 1. The number of aryl methyl sites for hydroxylation is 1. The van der Waals surface area contributed by atoms with Gasteiger partial charge in [0.25, 0.3) is 5.78 Å². The quantitative estimate of drug-likeness (QED) is 0.484. The van der Waals surface area contributed by atoms with E-state index >= 15 is 0 Å². The molecule has 0 bridgehead atoms. The van der Waals surface area contributed by atoms with Crippen LogP contribution >= 0.6 is 0 Å². The number of hydrogen-bond acceptors (Lipinski definition) is 7. The second kappa shape index (κ2) is 6.58. The predicted octanol–water partition coefficient (Wildman–Crippen LogP) is 3.01. The van der Waals surface area contributed by atoms with E-state index in [-0.39, 0.29) is 0 Å². The van der Waals surface area contributed by atoms with Crippen molar-refractivity contribution in [3.63, 3.8) is 0 Å². The van der Waals surface area contributed by atoms with Crippen molar-refractivity contribution in [3.8, 4) is 34.2 Å². The molecule has 5 aromatic rings. The number of nitrogens with zero attached hydrogens (tertiary/aromatic N) is 8. The normalized spacial score (nSPS) is 11.0. The molecule has 0 fully saturated rings. The molecular formula is C20H14N8. The van der Waals surface area contributed by atoms with E-state index in [1.807, 2.05) is 55.5 Å². The van der Waals surface area contributed by atoms with Gasteiger partial charge in [0.05, 0.1) is 11.4 Å². The van der Waals surface area contributed by atoms with Gasteiger partial charge in [0.1, 0.15) is 5.69 Å². The summed E-state index contributed by atoms with van der Waals surface area (Å²) in [7, 11) is 0. The van der Waals surface area contributed by atoms with Crippen LogP contribution in [0.2, 0.25) is 0 Å². The maximum Gasteiger partial charge on any atom is 0.272 e. The van der Waals surface area contributed by atoms with Crippen LogP contribution in [0.5, 0.6) is 0 Å². The first-order chi connectivity index (χ1) is 13.8. The van der Waals surface area contributed by atoms with Crippen molar-refractivity contribution in [2.45, 2.75) is 6.92 Å². The Kier molecular flexibility index (Phi) is 3.79. The van der Waals surface area contributed by atoms with Crippen LogP contribution in [0, 0.1) is 6.92 Å². The van der Waals surface area contributed by atoms with Crippen LogP contribution < -0.4 is 0 Å². The molecule has 8 heteroatoms. The van der Waals surface area contributed by atoms with Gasteiger partial charge in [0.15, 0.2) is 11.6 Å². The van der Waals surface area contributed by atoms with Gasteiger partial charge in [-0.25, -0.2) is 9.97 Å². The minimum absolute atomic E-state index is 0.428. The number of rotatable bonds is 3. The summed E-state index contributed by atoms with van der Waals surface area (Å²) in [6, 6.07) is 15.4. The van der Waals surface area contributed by atoms with E-state index in [4.69, 9.17) is 0 Å². The number of hydrogen-bond donors (Lipinski definition) is 0. The van der Waals surface area contributed by atoms with E-state index in [0.717, 1.165) is 16.8 Å². The lowest BCUT2D eigenvalue weighted by Crippen LogP contribution is -2.04. The third-order valence-electron chi connectivity index (χ3n) is 4.34. The topological polar surface area (TPSA) is 94.6 Å². The average molecular weight is 366 g/mol. The van der Waals surface area contributed by atoms with Gasteiger partial charge in [-0.3, -0.25) is 4.98 Å². The second-order valence-corrected chi connectivity index (χ2v) is 6.15. The maximum atomic E-state index is 4.66. The van der Waals surface area contributed by atoms with Gasteiger partial charge in [0.2, 0.25) is 0 Å². The monoisotopic (exact) mass is 366 g/mol. The Bertz CT molecular complexity index is 1270. The van der Waals surface area contributed by atoms with Crippen LogP contribution in [-0.4, -0.2) is 39.7 Å². The fourth-order valence-electron chi connectivity index (χ4n) is 2.93. The van der Waals surface area contributed by atoms with Crippen molar-refractivity contribution in [2.75, 3.05) is 0 Å². The van der Waals surface area contributed by atoms with Crippen molar-refractivity contribution in [1.29, 1.82) is 0 Å². The first kappa shape index (κ1) is 16.1. The van der Waals surface area contributed by atoms with E-state index in [1.54, 1.807) is 23.1 Å². The maximum absolute atomic E-state index is 4.66. The van der Waals surface area contributed by atoms with Gasteiger partial charge in [0, 0.05) is 29.7 Å². The molecule has 0 saturated heterocycles. The molecule has 5 rings (SSSR count). The Hall–Kier alpha value is -4.07. The molecule has 0 N–H and O–H groups in total. The highest BCUT2D eigenvalue weighted by Gasteiger charge is 2.15. The summed E-state index contributed by atoms with van der Waals surface area (Å²) < 4.78 is 1.68. The zero-order chi connectivity index (χ0) is 18.9. The molecule has 0 aliphatic rings. The third kappa shape index (κ3) is 2.77. The molecule has 0 amide bonds. The highest BCUT2D eigenvalue weighted by atomic mass is 15.4. The molecule has 0 atom stereocenters. The second-order valence-electron chi connectivity index (χ2n) is 6.15. The van der Waals surface area contributed by atoms with Crippen LogP contribution in [0.15, 0.2) is 67.1 Å². The summed E-state index contributed by atoms with van der Waals surface area (Å²) in [4.78, 5) is 17.6. The molecule has 0 aliphatic carbocycles. The number of fused-ring (bicyclic) bond motifs is 1. The summed E-state index contributed by atoms with van der Waals surface area (Å²) in [5.74, 6) is 1.61. The first-order valence-electron chi connectivity index (χ1n) is 8.69. The van der Waals surface area contributed by atoms with Crippen LogP contribution in [-0.2, 0) is 0 Å². The molecule has 8 nitrogen and oxygen atoms in total. The van der Waals surface area contributed by atoms with Crippen molar-refractivity contribution in [1.82, 2.24) is 39.7 Å². The van der Waals surface area contributed by atoms with Gasteiger partial charge in [-0.15, -0.1) is 15.3 Å². The minimum atomic E-state index is 0.428. The Morgan fingerprint density at radius 1 is 0.786 bits per heavy atom. The summed E-state index contributed by atoms with van der Waals surface area (Å²) >= 11 is 0. The highest BCUT2D eigenvalue weighted by molar-refractivity contribution is 5.63. The van der Waals surface area contributed by atoms with Gasteiger partial charge in [-0.05, 0) is 25.1 Å². The Balaban J connectivity index is 1.61. The lowest BCUT2D eigenvalue weighted by atomic mass is 10.2. The van der Waals surface area contributed by atoms with E-state index < -0.39 is 0 Å². The van der Waals surface area contributed by atoms with E-state index in [1.165, 1.54) is 0 Å². The van der Waals surface area contributed by atoms with Crippen molar-refractivity contribution in [2.24, 2.45) is 0 Å². The Morgan fingerprint density at radius 2 is 1.64 bits per heavy atom. The summed E-state index contributed by atoms with van der Waals surface area (Å²) in [6.45, 7) is 1.92. The van der Waals surface area contributed by atoms with Crippen LogP contribution in [0.4, 0.5) is 0 Å². The smallest absolute Gasteiger partial charge is 0.264 e. The van der Waals surface area contributed by atoms with Crippen LogP contribution in [0.1, 0.15) is 5.69 Å². The fraction of sp³-hybridized carbons (Fsp3) is 0.0500. The largest absolute Gasteiger partial charge is 0.272 e. The molecule has 0 radical (unpaired) electrons. The summed E-state index contributed by atoms with van der Waals surface area (Å²) in [5.41, 5.74) is 3.87. The summed E-state index contributed by atoms with van der Waals surface area (Å²) in [6.07, 6.45) is 5.15. The van der Waals surface area contributed by atoms with Crippen LogP contribution in [0.25, 0.3) is 39.9 Å². The van der Waals surface area contributed by atoms with E-state index in [9.17, 15) is 0 Å². The summed E-state index contributed by atoms with van der Waals surface area (Å²) in [5, 5.41) is 13.1. The van der Waals surface area contributed by atoms with Gasteiger partial charge in [-0.2, -0.15) is 9.50 Å². The standard InChI is InChI=1S/C20H14N8/c1-13-17(16-9-11-22-18(23-16)14-6-3-2-4-7-14)25-26-20-24-19(27-28(13)20)15-8-5-10-21-12-15/h2-12H,1H3. The molecule has 28 heavy (non-hydrogen) atoms. The lowest BCUT2D eigenvalue weighted by molar-refractivity contribution is 0.851. The van der Waals surface area contributed by atoms with Crippen molar-refractivity contribution in [3.05, 3.63) is 72.8 Å². The Labute approximate surface area is 160 Å². The third-order valence-corrected chi connectivity index (χ3v) is 4.34. The molecule has 0 spiro atoms. The molecule has 0 aliphatic heterocycles. The lowest BCUT2D eigenvalue weighted by Gasteiger charge is -2.06. The van der Waals surface area contributed by atoms with E-state index in [0.29, 0.717) is 28.8 Å². The molecule has 0 saturated carbocycles. The SMILES string of the molecule is Cc1c(-c2ccnc(-c3ccccc3)n2)nnc2nc(-c3cccnc3)nn12. The first-order valence-corrected chi connectivity index (χ1v) is 8.69. The Morgan fingerprint density at radius 3 is 2.46 bits per heavy atom. The minimum Gasteiger partial charge on any atom is -0.264 e.